The van der Waals surface area contributed by atoms with Gasteiger partial charge in [0, 0.05) is 19.1 Å². The third-order valence-corrected chi connectivity index (χ3v) is 3.33. The monoisotopic (exact) mass is 228 g/mol. The molecule has 2 rings (SSSR count). The van der Waals surface area contributed by atoms with E-state index >= 15 is 0 Å². The number of ether oxygens (including phenoxy) is 2. The molecule has 2 fully saturated rings. The van der Waals surface area contributed by atoms with E-state index in [9.17, 15) is 4.79 Å². The minimum atomic E-state index is -0.227. The van der Waals surface area contributed by atoms with Gasteiger partial charge in [0.15, 0.2) is 0 Å². The molecule has 2 aliphatic rings. The Hall–Kier alpha value is -0.650. The van der Waals surface area contributed by atoms with Gasteiger partial charge in [-0.3, -0.25) is 9.69 Å². The molecule has 0 radical (unpaired) electrons. The second-order valence-corrected chi connectivity index (χ2v) is 4.45. The van der Waals surface area contributed by atoms with Crippen molar-refractivity contribution in [2.45, 2.75) is 25.0 Å². The van der Waals surface area contributed by atoms with E-state index in [1.54, 1.807) is 0 Å². The SMILES string of the molecule is COC(=O)CNCC1CN2CCCC2CO1. The number of nitrogens with one attached hydrogen (secondary N) is 1. The van der Waals surface area contributed by atoms with Crippen molar-refractivity contribution in [2.75, 3.05) is 39.9 Å². The molecule has 0 aromatic heterocycles. The lowest BCUT2D eigenvalue weighted by Gasteiger charge is -2.35. The minimum absolute atomic E-state index is 0.207. The number of esters is 1. The number of morpholine rings is 1. The fourth-order valence-corrected chi connectivity index (χ4v) is 2.42. The molecule has 0 aliphatic carbocycles. The van der Waals surface area contributed by atoms with Crippen molar-refractivity contribution in [2.24, 2.45) is 0 Å². The summed E-state index contributed by atoms with van der Waals surface area (Å²) in [6.45, 7) is 4.00. The van der Waals surface area contributed by atoms with Crippen LogP contribution in [-0.2, 0) is 14.3 Å². The van der Waals surface area contributed by atoms with Gasteiger partial charge in [0.1, 0.15) is 0 Å². The van der Waals surface area contributed by atoms with Crippen molar-refractivity contribution >= 4 is 5.97 Å². The summed E-state index contributed by atoms with van der Waals surface area (Å²) in [4.78, 5) is 13.4. The van der Waals surface area contributed by atoms with Crippen molar-refractivity contribution in [3.63, 3.8) is 0 Å². The van der Waals surface area contributed by atoms with Gasteiger partial charge in [0.05, 0.1) is 26.4 Å². The molecule has 0 saturated carbocycles. The summed E-state index contributed by atoms with van der Waals surface area (Å²) in [5.74, 6) is -0.227. The summed E-state index contributed by atoms with van der Waals surface area (Å²) in [6, 6.07) is 0.636. The van der Waals surface area contributed by atoms with Crippen molar-refractivity contribution in [3.8, 4) is 0 Å². The summed E-state index contributed by atoms with van der Waals surface area (Å²) in [5, 5.41) is 3.06. The third-order valence-electron chi connectivity index (χ3n) is 3.33. The van der Waals surface area contributed by atoms with Crippen LogP contribution >= 0.6 is 0 Å². The predicted octanol–water partition coefficient (Wildman–Crippen LogP) is -0.388. The number of hydrogen-bond acceptors (Lipinski definition) is 5. The van der Waals surface area contributed by atoms with Crippen LogP contribution in [0.1, 0.15) is 12.8 Å². The molecule has 2 heterocycles. The van der Waals surface area contributed by atoms with Crippen LogP contribution in [0.25, 0.3) is 0 Å². The molecule has 16 heavy (non-hydrogen) atoms. The Morgan fingerprint density at radius 1 is 1.62 bits per heavy atom. The van der Waals surface area contributed by atoms with E-state index in [0.717, 1.165) is 19.7 Å². The van der Waals surface area contributed by atoms with Crippen LogP contribution in [0, 0.1) is 0 Å². The maximum absolute atomic E-state index is 10.9. The first-order valence-electron chi connectivity index (χ1n) is 5.93. The number of carbonyl (C=O) groups excluding carboxylic acids is 1. The number of rotatable bonds is 4. The maximum Gasteiger partial charge on any atom is 0.319 e. The quantitative estimate of drug-likeness (QED) is 0.664. The largest absolute Gasteiger partial charge is 0.468 e. The van der Waals surface area contributed by atoms with E-state index in [1.807, 2.05) is 0 Å². The molecule has 0 aromatic rings. The lowest BCUT2D eigenvalue weighted by molar-refractivity contribution is -0.139. The summed E-state index contributed by atoms with van der Waals surface area (Å²) in [6.07, 6.45) is 2.76. The standard InChI is InChI=1S/C11H20N2O3/c1-15-11(14)6-12-5-10-7-13-4-2-3-9(13)8-16-10/h9-10,12H,2-8H2,1H3. The number of methoxy groups -OCH3 is 1. The van der Waals surface area contributed by atoms with Gasteiger partial charge in [-0.05, 0) is 19.4 Å². The second kappa shape index (κ2) is 5.61. The van der Waals surface area contributed by atoms with Crippen molar-refractivity contribution in [1.29, 1.82) is 0 Å². The Morgan fingerprint density at radius 2 is 2.50 bits per heavy atom. The van der Waals surface area contributed by atoms with Gasteiger partial charge in [-0.25, -0.2) is 0 Å². The van der Waals surface area contributed by atoms with Crippen LogP contribution in [0.2, 0.25) is 0 Å². The highest BCUT2D eigenvalue weighted by Crippen LogP contribution is 2.22. The van der Waals surface area contributed by atoms with Crippen LogP contribution in [0.15, 0.2) is 0 Å². The summed E-state index contributed by atoms with van der Waals surface area (Å²) in [5.41, 5.74) is 0. The van der Waals surface area contributed by atoms with Gasteiger partial charge >= 0.3 is 5.97 Å². The highest BCUT2D eigenvalue weighted by molar-refractivity contribution is 5.71. The van der Waals surface area contributed by atoms with Crippen LogP contribution < -0.4 is 5.32 Å². The maximum atomic E-state index is 10.9. The number of nitrogens with zero attached hydrogens (tertiary/aromatic N) is 1. The molecule has 0 aromatic carbocycles. The lowest BCUT2D eigenvalue weighted by Crippen LogP contribution is -2.49. The van der Waals surface area contributed by atoms with Gasteiger partial charge in [-0.2, -0.15) is 0 Å². The van der Waals surface area contributed by atoms with E-state index in [4.69, 9.17) is 4.74 Å². The van der Waals surface area contributed by atoms with Crippen LogP contribution in [0.5, 0.6) is 0 Å². The number of fused-ring (bicyclic) bond motifs is 1. The molecule has 2 saturated heterocycles. The molecule has 5 heteroatoms. The lowest BCUT2D eigenvalue weighted by atomic mass is 10.2. The zero-order chi connectivity index (χ0) is 11.4. The molecular weight excluding hydrogens is 208 g/mol. The molecule has 92 valence electrons. The zero-order valence-electron chi connectivity index (χ0n) is 9.78. The van der Waals surface area contributed by atoms with Gasteiger partial charge in [0.2, 0.25) is 0 Å². The van der Waals surface area contributed by atoms with E-state index < -0.39 is 0 Å². The van der Waals surface area contributed by atoms with E-state index in [2.05, 4.69) is 15.0 Å². The molecule has 0 amide bonds. The molecule has 2 atom stereocenters. The van der Waals surface area contributed by atoms with Crippen LogP contribution in [0.3, 0.4) is 0 Å². The molecule has 2 aliphatic heterocycles. The molecular formula is C11H20N2O3. The van der Waals surface area contributed by atoms with Gasteiger partial charge in [-0.1, -0.05) is 0 Å². The number of hydrogen-bond donors (Lipinski definition) is 1. The van der Waals surface area contributed by atoms with E-state index in [0.29, 0.717) is 6.04 Å². The highest BCUT2D eigenvalue weighted by atomic mass is 16.5. The Kier molecular flexibility index (Phi) is 4.15. The first-order chi connectivity index (χ1) is 7.79. The fourth-order valence-electron chi connectivity index (χ4n) is 2.42. The first kappa shape index (κ1) is 11.8. The Morgan fingerprint density at radius 3 is 3.31 bits per heavy atom. The molecule has 5 nitrogen and oxygen atoms in total. The van der Waals surface area contributed by atoms with Crippen molar-refractivity contribution in [1.82, 2.24) is 10.2 Å². The van der Waals surface area contributed by atoms with Crippen molar-refractivity contribution in [3.05, 3.63) is 0 Å². The minimum Gasteiger partial charge on any atom is -0.468 e. The fraction of sp³-hybridized carbons (Fsp3) is 0.909. The zero-order valence-corrected chi connectivity index (χ0v) is 9.78. The molecule has 2 unspecified atom stereocenters. The third kappa shape index (κ3) is 2.93. The predicted molar refractivity (Wildman–Crippen MR) is 59.2 cm³/mol. The Labute approximate surface area is 96.1 Å². The molecule has 0 spiro atoms. The molecule has 0 bridgehead atoms. The normalized spacial score (nSPS) is 30.1. The molecule has 1 N–H and O–H groups in total. The van der Waals surface area contributed by atoms with Crippen LogP contribution in [0.4, 0.5) is 0 Å². The van der Waals surface area contributed by atoms with E-state index in [-0.39, 0.29) is 18.6 Å². The summed E-state index contributed by atoms with van der Waals surface area (Å²) in [7, 11) is 1.40. The van der Waals surface area contributed by atoms with E-state index in [1.165, 1.54) is 26.5 Å². The first-order valence-corrected chi connectivity index (χ1v) is 5.93. The van der Waals surface area contributed by atoms with Gasteiger partial charge in [0.25, 0.3) is 0 Å². The average molecular weight is 228 g/mol. The van der Waals surface area contributed by atoms with Crippen molar-refractivity contribution < 1.29 is 14.3 Å². The number of carbonyl (C=O) groups is 1. The van der Waals surface area contributed by atoms with Crippen LogP contribution in [-0.4, -0.2) is 62.9 Å². The highest BCUT2D eigenvalue weighted by Gasteiger charge is 2.31. The summed E-state index contributed by atoms with van der Waals surface area (Å²) >= 11 is 0. The van der Waals surface area contributed by atoms with Gasteiger partial charge in [-0.15, -0.1) is 0 Å². The van der Waals surface area contributed by atoms with Gasteiger partial charge < -0.3 is 14.8 Å². The summed E-state index contributed by atoms with van der Waals surface area (Å²) < 4.78 is 10.3. The average Bonchev–Trinajstić information content (AvgIpc) is 2.76. The smallest absolute Gasteiger partial charge is 0.319 e. The Bertz CT molecular complexity index is 247. The topological polar surface area (TPSA) is 50.8 Å². The second-order valence-electron chi connectivity index (χ2n) is 4.45. The Balaban J connectivity index is 1.65.